The Labute approximate surface area is 143 Å². The zero-order valence-corrected chi connectivity index (χ0v) is 14.7. The van der Waals surface area contributed by atoms with Crippen LogP contribution in [-0.2, 0) is 4.79 Å². The summed E-state index contributed by atoms with van der Waals surface area (Å²) in [6.45, 7) is 0.744. The molecule has 6 nitrogen and oxygen atoms in total. The number of aromatic nitrogens is 2. The summed E-state index contributed by atoms with van der Waals surface area (Å²) in [6.07, 6.45) is 10.3. The van der Waals surface area contributed by atoms with E-state index in [-0.39, 0.29) is 18.4 Å². The minimum atomic E-state index is -0.806. The molecule has 1 aromatic heterocycles. The van der Waals surface area contributed by atoms with Crippen LogP contribution in [0.15, 0.2) is 12.4 Å². The van der Waals surface area contributed by atoms with Crippen molar-refractivity contribution in [3.63, 3.8) is 0 Å². The fourth-order valence-electron chi connectivity index (χ4n) is 3.89. The van der Waals surface area contributed by atoms with Crippen LogP contribution in [0.2, 0.25) is 0 Å². The molecule has 1 aliphatic heterocycles. The topological polar surface area (TPSA) is 69.6 Å². The second kappa shape index (κ2) is 7.05. The van der Waals surface area contributed by atoms with E-state index in [4.69, 9.17) is 0 Å². The smallest absolute Gasteiger partial charge is 0.226 e. The molecule has 1 N–H and O–H groups in total. The van der Waals surface area contributed by atoms with Gasteiger partial charge in [-0.05, 0) is 25.7 Å². The van der Waals surface area contributed by atoms with E-state index < -0.39 is 5.60 Å². The Hall–Kier alpha value is -1.69. The largest absolute Gasteiger partial charge is 0.389 e. The highest BCUT2D eigenvalue weighted by atomic mass is 16.3. The maximum atomic E-state index is 12.8. The molecule has 2 aliphatic rings. The summed E-state index contributed by atoms with van der Waals surface area (Å²) in [7, 11) is 3.87. The fourth-order valence-corrected chi connectivity index (χ4v) is 3.89. The average molecular weight is 332 g/mol. The maximum Gasteiger partial charge on any atom is 0.226 e. The van der Waals surface area contributed by atoms with Gasteiger partial charge in [0.15, 0.2) is 0 Å². The third-order valence-electron chi connectivity index (χ3n) is 5.28. The number of amides is 1. The van der Waals surface area contributed by atoms with Gasteiger partial charge < -0.3 is 14.9 Å². The molecule has 1 aliphatic carbocycles. The normalized spacial score (nSPS) is 23.3. The van der Waals surface area contributed by atoms with Gasteiger partial charge >= 0.3 is 0 Å². The van der Waals surface area contributed by atoms with Crippen molar-refractivity contribution in [3.8, 4) is 0 Å². The monoisotopic (exact) mass is 332 g/mol. The highest BCUT2D eigenvalue weighted by Crippen LogP contribution is 2.35. The number of carbonyl (C=O) groups is 1. The van der Waals surface area contributed by atoms with Crippen LogP contribution in [0.1, 0.15) is 63.1 Å². The third-order valence-corrected chi connectivity index (χ3v) is 5.28. The quantitative estimate of drug-likeness (QED) is 0.916. The minimum absolute atomic E-state index is 0.0166. The van der Waals surface area contributed by atoms with E-state index in [0.29, 0.717) is 0 Å². The van der Waals surface area contributed by atoms with Crippen LogP contribution in [0, 0.1) is 0 Å². The summed E-state index contributed by atoms with van der Waals surface area (Å²) in [4.78, 5) is 25.6. The second-order valence-corrected chi connectivity index (χ2v) is 7.40. The maximum absolute atomic E-state index is 12.8. The Kier molecular flexibility index (Phi) is 5.04. The van der Waals surface area contributed by atoms with Crippen molar-refractivity contribution >= 4 is 11.7 Å². The Morgan fingerprint density at radius 1 is 1.29 bits per heavy atom. The van der Waals surface area contributed by atoms with Gasteiger partial charge in [0, 0.05) is 20.6 Å². The molecular formula is C18H28N4O2. The molecule has 1 atom stereocenters. The molecular weight excluding hydrogens is 304 g/mol. The first-order chi connectivity index (χ1) is 11.5. The molecule has 3 rings (SSSR count). The van der Waals surface area contributed by atoms with Crippen LogP contribution < -0.4 is 4.90 Å². The van der Waals surface area contributed by atoms with E-state index in [9.17, 15) is 9.90 Å². The molecule has 2 heterocycles. The minimum Gasteiger partial charge on any atom is -0.389 e. The lowest BCUT2D eigenvalue weighted by molar-refractivity contribution is -0.138. The highest BCUT2D eigenvalue weighted by molar-refractivity contribution is 5.78. The molecule has 1 saturated heterocycles. The second-order valence-electron chi connectivity index (χ2n) is 7.40. The standard InChI is InChI=1S/C18H28N4O2/c1-21(2)16-13-19-12-14(20-16)15-7-6-10-22(15)17(23)11-18(24)8-4-3-5-9-18/h12-13,15,24H,3-11H2,1-2H3/t15-/m0/s1. The van der Waals surface area contributed by atoms with Gasteiger partial charge in [0.2, 0.25) is 5.91 Å². The Balaban J connectivity index is 1.73. The van der Waals surface area contributed by atoms with E-state index >= 15 is 0 Å². The van der Waals surface area contributed by atoms with Crippen LogP contribution in [0.4, 0.5) is 5.82 Å². The molecule has 0 unspecified atom stereocenters. The zero-order valence-electron chi connectivity index (χ0n) is 14.7. The summed E-state index contributed by atoms with van der Waals surface area (Å²) in [5.41, 5.74) is 0.0438. The van der Waals surface area contributed by atoms with Crippen molar-refractivity contribution in [2.75, 3.05) is 25.5 Å². The summed E-state index contributed by atoms with van der Waals surface area (Å²) < 4.78 is 0. The van der Waals surface area contributed by atoms with Gasteiger partial charge in [0.25, 0.3) is 0 Å². The summed E-state index contributed by atoms with van der Waals surface area (Å²) >= 11 is 0. The predicted octanol–water partition coefficient (Wildman–Crippen LogP) is 2.29. The van der Waals surface area contributed by atoms with Crippen molar-refractivity contribution in [2.45, 2.75) is 63.0 Å². The first-order valence-electron chi connectivity index (χ1n) is 9.00. The molecule has 1 aromatic rings. The molecule has 132 valence electrons. The third kappa shape index (κ3) is 3.69. The number of likely N-dealkylation sites (tertiary alicyclic amines) is 1. The lowest BCUT2D eigenvalue weighted by atomic mass is 9.82. The molecule has 0 bridgehead atoms. The molecule has 1 amide bonds. The first-order valence-corrected chi connectivity index (χ1v) is 9.00. The number of hydrogen-bond donors (Lipinski definition) is 1. The van der Waals surface area contributed by atoms with Gasteiger partial charge in [-0.2, -0.15) is 0 Å². The summed E-state index contributed by atoms with van der Waals surface area (Å²) in [6, 6.07) is -0.0166. The number of anilines is 1. The van der Waals surface area contributed by atoms with E-state index in [2.05, 4.69) is 9.97 Å². The molecule has 0 radical (unpaired) electrons. The SMILES string of the molecule is CN(C)c1cncc([C@@H]2CCCN2C(=O)CC2(O)CCCCC2)n1. The van der Waals surface area contributed by atoms with Crippen LogP contribution in [0.5, 0.6) is 0 Å². The molecule has 6 heteroatoms. The highest BCUT2D eigenvalue weighted by Gasteiger charge is 2.37. The van der Waals surface area contributed by atoms with Gasteiger partial charge in [-0.25, -0.2) is 4.98 Å². The number of hydrogen-bond acceptors (Lipinski definition) is 5. The van der Waals surface area contributed by atoms with Crippen molar-refractivity contribution in [1.82, 2.24) is 14.9 Å². The van der Waals surface area contributed by atoms with E-state index in [0.717, 1.165) is 63.0 Å². The van der Waals surface area contributed by atoms with Gasteiger partial charge in [-0.15, -0.1) is 0 Å². The van der Waals surface area contributed by atoms with Crippen LogP contribution >= 0.6 is 0 Å². The van der Waals surface area contributed by atoms with Gasteiger partial charge in [0.05, 0.1) is 36.2 Å². The Bertz CT molecular complexity index is 584. The summed E-state index contributed by atoms with van der Waals surface area (Å²) in [5, 5.41) is 10.7. The zero-order chi connectivity index (χ0) is 17.2. The summed E-state index contributed by atoms with van der Waals surface area (Å²) in [5.74, 6) is 0.858. The fraction of sp³-hybridized carbons (Fsp3) is 0.722. The van der Waals surface area contributed by atoms with Crippen molar-refractivity contribution in [3.05, 3.63) is 18.1 Å². The van der Waals surface area contributed by atoms with Crippen molar-refractivity contribution < 1.29 is 9.90 Å². The molecule has 1 saturated carbocycles. The molecule has 24 heavy (non-hydrogen) atoms. The predicted molar refractivity (Wildman–Crippen MR) is 92.7 cm³/mol. The number of nitrogens with zero attached hydrogens (tertiary/aromatic N) is 4. The van der Waals surface area contributed by atoms with Crippen LogP contribution in [-0.4, -0.2) is 52.1 Å². The van der Waals surface area contributed by atoms with Gasteiger partial charge in [-0.1, -0.05) is 19.3 Å². The van der Waals surface area contributed by atoms with Crippen molar-refractivity contribution in [2.24, 2.45) is 0 Å². The van der Waals surface area contributed by atoms with Crippen LogP contribution in [0.25, 0.3) is 0 Å². The number of carbonyl (C=O) groups excluding carboxylic acids is 1. The van der Waals surface area contributed by atoms with E-state index in [1.807, 2.05) is 23.9 Å². The number of rotatable bonds is 4. The molecule has 0 spiro atoms. The van der Waals surface area contributed by atoms with Crippen LogP contribution in [0.3, 0.4) is 0 Å². The lowest BCUT2D eigenvalue weighted by Gasteiger charge is -2.34. The van der Waals surface area contributed by atoms with Crippen molar-refractivity contribution in [1.29, 1.82) is 0 Å². The molecule has 2 fully saturated rings. The molecule has 0 aromatic carbocycles. The Morgan fingerprint density at radius 2 is 2.04 bits per heavy atom. The lowest BCUT2D eigenvalue weighted by Crippen LogP contribution is -2.40. The first kappa shape index (κ1) is 17.1. The van der Waals surface area contributed by atoms with Gasteiger partial charge in [0.1, 0.15) is 5.82 Å². The van der Waals surface area contributed by atoms with Gasteiger partial charge in [-0.3, -0.25) is 9.78 Å². The Morgan fingerprint density at radius 3 is 2.75 bits per heavy atom. The number of aliphatic hydroxyl groups is 1. The average Bonchev–Trinajstić information content (AvgIpc) is 3.05. The van der Waals surface area contributed by atoms with E-state index in [1.54, 1.807) is 12.4 Å². The van der Waals surface area contributed by atoms with E-state index in [1.165, 1.54) is 0 Å².